The molecule has 1 fully saturated rings. The van der Waals surface area contributed by atoms with E-state index in [1.807, 2.05) is 32.9 Å². The topological polar surface area (TPSA) is 135 Å². The summed E-state index contributed by atoms with van der Waals surface area (Å²) in [6, 6.07) is 7.00. The Morgan fingerprint density at radius 1 is 1.13 bits per heavy atom. The van der Waals surface area contributed by atoms with E-state index in [2.05, 4.69) is 0 Å². The maximum Gasteiger partial charge on any atom is 0.303 e. The SMILES string of the molecule is CC/C(=C\c1cccc(O)c1)CC[C@@H](O)C1=C(C(C)C)C[C@H]2C(=O)N(CCCCCC(=O)O)C(=O)[C@H]2[C@H]1CO. The number of carbonyl (C=O) groups excluding carboxylic acids is 2. The number of allylic oxidation sites excluding steroid dienone is 2. The van der Waals surface area contributed by atoms with Gasteiger partial charge >= 0.3 is 5.97 Å². The maximum absolute atomic E-state index is 13.4. The van der Waals surface area contributed by atoms with Gasteiger partial charge in [-0.15, -0.1) is 0 Å². The molecule has 39 heavy (non-hydrogen) atoms. The lowest BCUT2D eigenvalue weighted by atomic mass is 9.66. The summed E-state index contributed by atoms with van der Waals surface area (Å²) in [5.74, 6) is -3.00. The predicted molar refractivity (Wildman–Crippen MR) is 148 cm³/mol. The van der Waals surface area contributed by atoms with E-state index in [-0.39, 0.29) is 43.1 Å². The van der Waals surface area contributed by atoms with Crippen molar-refractivity contribution < 1.29 is 34.8 Å². The van der Waals surface area contributed by atoms with Crippen LogP contribution in [0.25, 0.3) is 6.08 Å². The molecule has 3 rings (SSSR count). The Bertz CT molecular complexity index is 1110. The monoisotopic (exact) mass is 541 g/mol. The number of aliphatic hydroxyl groups is 2. The molecule has 1 aliphatic carbocycles. The first-order valence-corrected chi connectivity index (χ1v) is 14.2. The average molecular weight is 542 g/mol. The van der Waals surface area contributed by atoms with E-state index >= 15 is 0 Å². The zero-order chi connectivity index (χ0) is 28.7. The van der Waals surface area contributed by atoms with E-state index in [0.29, 0.717) is 44.1 Å². The summed E-state index contributed by atoms with van der Waals surface area (Å²) < 4.78 is 0. The molecule has 1 aromatic carbocycles. The summed E-state index contributed by atoms with van der Waals surface area (Å²) in [5.41, 5.74) is 3.64. The van der Waals surface area contributed by atoms with Crippen LogP contribution in [0.5, 0.6) is 5.75 Å². The number of rotatable bonds is 14. The number of hydrogen-bond acceptors (Lipinski definition) is 6. The molecule has 1 aromatic rings. The number of carboxylic acids is 1. The van der Waals surface area contributed by atoms with Crippen LogP contribution in [-0.4, -0.2) is 62.4 Å². The molecule has 0 bridgehead atoms. The van der Waals surface area contributed by atoms with E-state index in [9.17, 15) is 29.7 Å². The molecular weight excluding hydrogens is 498 g/mol. The lowest BCUT2D eigenvalue weighted by molar-refractivity contribution is -0.141. The van der Waals surface area contributed by atoms with Crippen LogP contribution in [0.3, 0.4) is 0 Å². The lowest BCUT2D eigenvalue weighted by Gasteiger charge is -2.38. The number of imide groups is 1. The highest BCUT2D eigenvalue weighted by atomic mass is 16.4. The first kappa shape index (κ1) is 30.6. The second-order valence-electron chi connectivity index (χ2n) is 11.1. The van der Waals surface area contributed by atoms with Crippen LogP contribution in [-0.2, 0) is 14.4 Å². The van der Waals surface area contributed by atoms with Crippen LogP contribution >= 0.6 is 0 Å². The first-order chi connectivity index (χ1) is 18.6. The third kappa shape index (κ3) is 7.37. The molecule has 1 aliphatic heterocycles. The van der Waals surface area contributed by atoms with Crippen molar-refractivity contribution in [2.45, 2.75) is 78.2 Å². The Labute approximate surface area is 231 Å². The molecular formula is C31H43NO7. The molecule has 4 atom stereocenters. The average Bonchev–Trinajstić information content (AvgIpc) is 3.13. The number of unbranched alkanes of at least 4 members (excludes halogenated alkanes) is 2. The number of phenols is 1. The molecule has 214 valence electrons. The van der Waals surface area contributed by atoms with Gasteiger partial charge in [0.05, 0.1) is 24.5 Å². The number of likely N-dealkylation sites (tertiary alicyclic amines) is 1. The Morgan fingerprint density at radius 3 is 2.49 bits per heavy atom. The number of carboxylic acid groups (broad SMARTS) is 1. The highest BCUT2D eigenvalue weighted by molar-refractivity contribution is 6.05. The second-order valence-corrected chi connectivity index (χ2v) is 11.1. The summed E-state index contributed by atoms with van der Waals surface area (Å²) in [4.78, 5) is 38.8. The van der Waals surface area contributed by atoms with Crippen LogP contribution in [0.15, 0.2) is 41.0 Å². The molecule has 8 heteroatoms. The third-order valence-corrected chi connectivity index (χ3v) is 8.17. The Hall–Kier alpha value is -2.97. The predicted octanol–water partition coefficient (Wildman–Crippen LogP) is 4.54. The molecule has 0 unspecified atom stereocenters. The highest BCUT2D eigenvalue weighted by Crippen LogP contribution is 2.48. The van der Waals surface area contributed by atoms with Gasteiger partial charge in [0.1, 0.15) is 5.75 Å². The van der Waals surface area contributed by atoms with Gasteiger partial charge in [-0.2, -0.15) is 0 Å². The Balaban J connectivity index is 1.77. The van der Waals surface area contributed by atoms with Crippen molar-refractivity contribution in [3.63, 3.8) is 0 Å². The van der Waals surface area contributed by atoms with Gasteiger partial charge in [-0.05, 0) is 67.7 Å². The largest absolute Gasteiger partial charge is 0.508 e. The van der Waals surface area contributed by atoms with Crippen molar-refractivity contribution in [1.82, 2.24) is 4.90 Å². The fraction of sp³-hybridized carbons (Fsp3) is 0.581. The number of fused-ring (bicyclic) bond motifs is 1. The molecule has 1 heterocycles. The van der Waals surface area contributed by atoms with Crippen LogP contribution in [0.2, 0.25) is 0 Å². The molecule has 0 aromatic heterocycles. The first-order valence-electron chi connectivity index (χ1n) is 14.2. The smallest absolute Gasteiger partial charge is 0.303 e. The number of aromatic hydroxyl groups is 1. The van der Waals surface area contributed by atoms with E-state index in [0.717, 1.165) is 23.1 Å². The highest BCUT2D eigenvalue weighted by Gasteiger charge is 2.54. The zero-order valence-corrected chi connectivity index (χ0v) is 23.3. The van der Waals surface area contributed by atoms with Gasteiger partial charge in [-0.3, -0.25) is 19.3 Å². The molecule has 2 amide bonds. The van der Waals surface area contributed by atoms with E-state index in [1.54, 1.807) is 18.2 Å². The number of carbonyl (C=O) groups is 3. The summed E-state index contributed by atoms with van der Waals surface area (Å²) in [5, 5.41) is 40.5. The van der Waals surface area contributed by atoms with Crippen LogP contribution in [0.1, 0.15) is 77.7 Å². The fourth-order valence-electron chi connectivity index (χ4n) is 6.13. The van der Waals surface area contributed by atoms with Crippen molar-refractivity contribution in [2.75, 3.05) is 13.2 Å². The Morgan fingerprint density at radius 2 is 1.87 bits per heavy atom. The molecule has 1 saturated heterocycles. The molecule has 4 N–H and O–H groups in total. The van der Waals surface area contributed by atoms with Gasteiger partial charge in [-0.1, -0.05) is 56.5 Å². The minimum absolute atomic E-state index is 0.0473. The number of benzene rings is 1. The number of aliphatic hydroxyl groups excluding tert-OH is 2. The number of amides is 2. The van der Waals surface area contributed by atoms with Gasteiger partial charge in [0.25, 0.3) is 0 Å². The summed E-state index contributed by atoms with van der Waals surface area (Å²) in [6.45, 7) is 5.99. The standard InChI is InChI=1S/C31H43NO7/c1-4-20(15-21-9-8-10-22(34)16-21)12-13-26(35)28-23(19(2)3)17-24-29(25(28)18-33)31(39)32(30(24)38)14-7-5-6-11-27(36)37/h8-10,15-16,19,24-26,29,33-35H,4-7,11-14,17-18H2,1-3H3,(H,36,37)/b20-15+/t24-,25+,26-,29-/m1/s1. The molecule has 2 aliphatic rings. The van der Waals surface area contributed by atoms with Gasteiger partial charge < -0.3 is 20.4 Å². The van der Waals surface area contributed by atoms with E-state index < -0.39 is 29.8 Å². The summed E-state index contributed by atoms with van der Waals surface area (Å²) >= 11 is 0. The zero-order valence-electron chi connectivity index (χ0n) is 23.3. The quantitative estimate of drug-likeness (QED) is 0.154. The molecule has 0 radical (unpaired) electrons. The van der Waals surface area contributed by atoms with Crippen molar-refractivity contribution in [3.8, 4) is 5.75 Å². The van der Waals surface area contributed by atoms with Gasteiger partial charge in [0.2, 0.25) is 11.8 Å². The molecule has 8 nitrogen and oxygen atoms in total. The molecule has 0 spiro atoms. The number of nitrogens with zero attached hydrogens (tertiary/aromatic N) is 1. The van der Waals surface area contributed by atoms with Crippen LogP contribution < -0.4 is 0 Å². The van der Waals surface area contributed by atoms with Crippen LogP contribution in [0, 0.1) is 23.7 Å². The van der Waals surface area contributed by atoms with Gasteiger partial charge in [0.15, 0.2) is 0 Å². The number of hydrogen-bond donors (Lipinski definition) is 4. The van der Waals surface area contributed by atoms with Gasteiger partial charge in [-0.25, -0.2) is 0 Å². The van der Waals surface area contributed by atoms with Gasteiger partial charge in [0, 0.05) is 18.9 Å². The van der Waals surface area contributed by atoms with Crippen molar-refractivity contribution in [3.05, 3.63) is 46.5 Å². The minimum Gasteiger partial charge on any atom is -0.508 e. The summed E-state index contributed by atoms with van der Waals surface area (Å²) in [6.07, 6.45) is 5.07. The maximum atomic E-state index is 13.4. The van der Waals surface area contributed by atoms with E-state index in [4.69, 9.17) is 5.11 Å². The lowest BCUT2D eigenvalue weighted by Crippen LogP contribution is -2.40. The third-order valence-electron chi connectivity index (χ3n) is 8.17. The van der Waals surface area contributed by atoms with Crippen molar-refractivity contribution in [1.29, 1.82) is 0 Å². The normalized spacial score (nSPS) is 22.6. The fourth-order valence-corrected chi connectivity index (χ4v) is 6.13. The van der Waals surface area contributed by atoms with E-state index in [1.165, 1.54) is 4.90 Å². The Kier molecular flexibility index (Phi) is 10.9. The molecule has 0 saturated carbocycles. The van der Waals surface area contributed by atoms with Crippen LogP contribution in [0.4, 0.5) is 0 Å². The number of phenolic OH excluding ortho intramolecular Hbond substituents is 1. The number of aliphatic carboxylic acids is 1. The second kappa shape index (κ2) is 13.9. The minimum atomic E-state index is -0.862. The van der Waals surface area contributed by atoms with Crippen molar-refractivity contribution >= 4 is 23.9 Å². The summed E-state index contributed by atoms with van der Waals surface area (Å²) in [7, 11) is 0. The van der Waals surface area contributed by atoms with Crippen molar-refractivity contribution in [2.24, 2.45) is 23.7 Å².